The molecule has 6 nitrogen and oxygen atoms in total. The molecule has 1 amide bonds. The van der Waals surface area contributed by atoms with Gasteiger partial charge in [0.1, 0.15) is 4.88 Å². The van der Waals surface area contributed by atoms with Gasteiger partial charge >= 0.3 is 5.97 Å². The third-order valence-corrected chi connectivity index (χ3v) is 5.70. The lowest BCUT2D eigenvalue weighted by Crippen LogP contribution is -2.22. The molecule has 1 aliphatic heterocycles. The quantitative estimate of drug-likeness (QED) is 0.568. The maximum absolute atomic E-state index is 12.3. The molecule has 25 heavy (non-hydrogen) atoms. The number of nitrogens with zero attached hydrogens (tertiary/aromatic N) is 2. The zero-order valence-electron chi connectivity index (χ0n) is 13.1. The molecule has 0 unspecified atom stereocenters. The molecule has 3 rings (SSSR count). The van der Waals surface area contributed by atoms with E-state index in [1.54, 1.807) is 18.2 Å². The second kappa shape index (κ2) is 7.19. The summed E-state index contributed by atoms with van der Waals surface area (Å²) in [6.45, 7) is 0.361. The van der Waals surface area contributed by atoms with Crippen LogP contribution in [-0.2, 0) is 20.9 Å². The van der Waals surface area contributed by atoms with Crippen molar-refractivity contribution in [1.82, 2.24) is 4.57 Å². The number of carbonyl (C=O) groups excluding carboxylic acids is 2. The van der Waals surface area contributed by atoms with E-state index in [1.807, 2.05) is 0 Å². The fourth-order valence-electron chi connectivity index (χ4n) is 2.55. The molecule has 0 saturated heterocycles. The Morgan fingerprint density at radius 2 is 2.24 bits per heavy atom. The van der Waals surface area contributed by atoms with Gasteiger partial charge < -0.3 is 9.84 Å². The zero-order valence-corrected chi connectivity index (χ0v) is 16.3. The van der Waals surface area contributed by atoms with Crippen LogP contribution < -0.4 is 10.6 Å². The van der Waals surface area contributed by atoms with Crippen LogP contribution in [0.4, 0.5) is 0 Å². The number of halogens is 1. The highest BCUT2D eigenvalue weighted by molar-refractivity contribution is 9.10. The highest BCUT2D eigenvalue weighted by Crippen LogP contribution is 2.32. The summed E-state index contributed by atoms with van der Waals surface area (Å²) in [5.74, 6) is -0.799. The number of fused-ring (bicyclic) bond motifs is 1. The highest BCUT2D eigenvalue weighted by Gasteiger charge is 2.25. The Labute approximate surface area is 160 Å². The van der Waals surface area contributed by atoms with Gasteiger partial charge in [0.15, 0.2) is 3.95 Å². The van der Waals surface area contributed by atoms with Gasteiger partial charge in [-0.3, -0.25) is 14.2 Å². The summed E-state index contributed by atoms with van der Waals surface area (Å²) in [6.07, 6.45) is 0.698. The molecule has 0 bridgehead atoms. The molecular weight excluding hydrogens is 428 g/mol. The van der Waals surface area contributed by atoms with E-state index < -0.39 is 5.91 Å². The topological polar surface area (TPSA) is 80.9 Å². The lowest BCUT2D eigenvalue weighted by atomic mass is 10.1. The molecule has 1 aliphatic rings. The number of amides is 1. The van der Waals surface area contributed by atoms with E-state index in [0.29, 0.717) is 37.9 Å². The van der Waals surface area contributed by atoms with Crippen molar-refractivity contribution in [2.24, 2.45) is 4.99 Å². The molecule has 2 aromatic rings. The molecule has 0 aliphatic carbocycles. The summed E-state index contributed by atoms with van der Waals surface area (Å²) >= 11 is 9.84. The molecule has 1 aromatic carbocycles. The van der Waals surface area contributed by atoms with Gasteiger partial charge in [0.25, 0.3) is 5.91 Å². The largest absolute Gasteiger partial charge is 0.493 e. The van der Waals surface area contributed by atoms with Crippen LogP contribution in [0.1, 0.15) is 17.7 Å². The van der Waals surface area contributed by atoms with Gasteiger partial charge in [-0.2, -0.15) is 0 Å². The number of carbonyl (C=O) groups is 2. The monoisotopic (exact) mass is 440 g/mol. The second-order valence-electron chi connectivity index (χ2n) is 5.31. The van der Waals surface area contributed by atoms with Crippen LogP contribution in [0.2, 0.25) is 0 Å². The van der Waals surface area contributed by atoms with Gasteiger partial charge in [-0.1, -0.05) is 15.9 Å². The maximum Gasteiger partial charge on any atom is 0.305 e. The number of hydrogen-bond acceptors (Lipinski definition) is 6. The SMILES string of the molecule is COC(=O)CCCn1c(O)c(C2=c3cc(Br)ccc3=NC2=O)sc1=S. The van der Waals surface area contributed by atoms with Crippen molar-refractivity contribution in [2.45, 2.75) is 19.4 Å². The van der Waals surface area contributed by atoms with Crippen LogP contribution in [-0.4, -0.2) is 28.7 Å². The van der Waals surface area contributed by atoms with Crippen molar-refractivity contribution in [2.75, 3.05) is 7.11 Å². The number of benzene rings is 1. The van der Waals surface area contributed by atoms with Gasteiger partial charge in [-0.25, -0.2) is 4.99 Å². The van der Waals surface area contributed by atoms with E-state index in [4.69, 9.17) is 12.2 Å². The number of ether oxygens (including phenoxy) is 1. The second-order valence-corrected chi connectivity index (χ2v) is 7.87. The molecule has 1 N–H and O–H groups in total. The molecular formula is C16H13BrN2O4S2. The van der Waals surface area contributed by atoms with E-state index in [9.17, 15) is 14.7 Å². The highest BCUT2D eigenvalue weighted by atomic mass is 79.9. The summed E-state index contributed by atoms with van der Waals surface area (Å²) in [7, 11) is 1.33. The third kappa shape index (κ3) is 3.44. The van der Waals surface area contributed by atoms with E-state index >= 15 is 0 Å². The van der Waals surface area contributed by atoms with Crippen molar-refractivity contribution in [3.05, 3.63) is 42.1 Å². The van der Waals surface area contributed by atoms with Gasteiger partial charge in [0.05, 0.1) is 18.0 Å². The number of aromatic hydroxyl groups is 1. The first-order chi connectivity index (χ1) is 11.9. The minimum absolute atomic E-state index is 0.0776. The van der Waals surface area contributed by atoms with Gasteiger partial charge in [0, 0.05) is 22.7 Å². The number of hydrogen-bond donors (Lipinski definition) is 1. The molecule has 0 atom stereocenters. The Hall–Kier alpha value is -1.84. The zero-order chi connectivity index (χ0) is 18.1. The minimum atomic E-state index is -0.402. The maximum atomic E-state index is 12.3. The predicted octanol–water partition coefficient (Wildman–Crippen LogP) is 2.06. The molecule has 0 spiro atoms. The normalized spacial score (nSPS) is 12.9. The number of thiazole rings is 1. The van der Waals surface area contributed by atoms with Crippen molar-refractivity contribution in [3.8, 4) is 5.88 Å². The molecule has 0 fully saturated rings. The van der Waals surface area contributed by atoms with E-state index in [1.165, 1.54) is 11.7 Å². The Morgan fingerprint density at radius 1 is 1.48 bits per heavy atom. The van der Waals surface area contributed by atoms with Crippen LogP contribution in [0.25, 0.3) is 5.57 Å². The summed E-state index contributed by atoms with van der Waals surface area (Å²) in [5, 5.41) is 11.8. The first-order valence-electron chi connectivity index (χ1n) is 7.35. The van der Waals surface area contributed by atoms with Crippen LogP contribution in [0.3, 0.4) is 0 Å². The number of esters is 1. The van der Waals surface area contributed by atoms with Gasteiger partial charge in [0.2, 0.25) is 5.88 Å². The first kappa shape index (κ1) is 18.0. The van der Waals surface area contributed by atoms with Crippen molar-refractivity contribution in [1.29, 1.82) is 0 Å². The van der Waals surface area contributed by atoms with Crippen molar-refractivity contribution in [3.63, 3.8) is 0 Å². The van der Waals surface area contributed by atoms with Crippen molar-refractivity contribution >= 4 is 56.9 Å². The Balaban J connectivity index is 2.03. The molecule has 9 heteroatoms. The molecule has 0 radical (unpaired) electrons. The average molecular weight is 441 g/mol. The smallest absolute Gasteiger partial charge is 0.305 e. The van der Waals surface area contributed by atoms with Crippen LogP contribution >= 0.6 is 39.5 Å². The van der Waals surface area contributed by atoms with Crippen LogP contribution in [0, 0.1) is 3.95 Å². The predicted molar refractivity (Wildman–Crippen MR) is 98.5 cm³/mol. The fraction of sp³-hybridized carbons (Fsp3) is 0.250. The summed E-state index contributed by atoms with van der Waals surface area (Å²) in [4.78, 5) is 28.0. The number of rotatable bonds is 5. The third-order valence-electron chi connectivity index (χ3n) is 3.75. The Kier molecular flexibility index (Phi) is 5.16. The van der Waals surface area contributed by atoms with Crippen molar-refractivity contribution < 1.29 is 19.4 Å². The lowest BCUT2D eigenvalue weighted by molar-refractivity contribution is -0.140. The summed E-state index contributed by atoms with van der Waals surface area (Å²) < 4.78 is 7.37. The van der Waals surface area contributed by atoms with Gasteiger partial charge in [-0.15, -0.1) is 11.3 Å². The standard InChI is InChI=1S/C16H13BrN2O4S2/c1-23-11(20)3-2-6-19-15(22)13(25-16(19)24)12-9-7-8(17)4-5-10(9)18-14(12)21/h4-5,7,22H,2-3,6H2,1H3. The summed E-state index contributed by atoms with van der Waals surface area (Å²) in [6, 6.07) is 5.34. The molecule has 2 heterocycles. The molecule has 1 aromatic heterocycles. The number of methoxy groups -OCH3 is 1. The molecule has 130 valence electrons. The van der Waals surface area contributed by atoms with Crippen LogP contribution in [0.5, 0.6) is 5.88 Å². The molecule has 0 saturated carbocycles. The summed E-state index contributed by atoms with van der Waals surface area (Å²) in [5.41, 5.74) is 0.344. The minimum Gasteiger partial charge on any atom is -0.493 e. The van der Waals surface area contributed by atoms with E-state index in [-0.39, 0.29) is 18.3 Å². The Morgan fingerprint density at radius 3 is 2.96 bits per heavy atom. The van der Waals surface area contributed by atoms with E-state index in [2.05, 4.69) is 25.7 Å². The van der Waals surface area contributed by atoms with Gasteiger partial charge in [-0.05, 0) is 36.8 Å². The fourth-order valence-corrected chi connectivity index (χ4v) is 4.30. The average Bonchev–Trinajstić information content (AvgIpc) is 3.03. The van der Waals surface area contributed by atoms with E-state index in [0.717, 1.165) is 15.8 Å². The Bertz CT molecular complexity index is 1060. The number of aromatic nitrogens is 1. The lowest BCUT2D eigenvalue weighted by Gasteiger charge is -2.05. The first-order valence-corrected chi connectivity index (χ1v) is 9.37. The van der Waals surface area contributed by atoms with Crippen LogP contribution in [0.15, 0.2) is 27.7 Å².